The molecule has 0 radical (unpaired) electrons. The van der Waals surface area contributed by atoms with Crippen LogP contribution in [-0.2, 0) is 10.0 Å². The standard InChI is InChI=1S/C26H32F2N4O4S/c1-15-19(9-6-10-20(15)25(27)28)16(2)29-26-21-12-24(23(35-4)13-22(21)30-17(3)31-26)36-14-18-8-7-11-32(18)37(5,33)34/h6,9-10,12-13,16,18,25H,7-8,11,14H2,1-5H3,(H,29,30,31)/t16-,18+/m1/s1. The van der Waals surface area contributed by atoms with Crippen LogP contribution in [0.25, 0.3) is 10.9 Å². The average molecular weight is 535 g/mol. The predicted octanol–water partition coefficient (Wildman–Crippen LogP) is 5.17. The highest BCUT2D eigenvalue weighted by Crippen LogP contribution is 2.37. The van der Waals surface area contributed by atoms with Crippen LogP contribution in [0, 0.1) is 13.8 Å². The minimum absolute atomic E-state index is 0.00495. The number of nitrogens with zero attached hydrogens (tertiary/aromatic N) is 3. The molecular weight excluding hydrogens is 502 g/mol. The van der Waals surface area contributed by atoms with E-state index < -0.39 is 16.4 Å². The molecule has 1 fully saturated rings. The summed E-state index contributed by atoms with van der Waals surface area (Å²) in [7, 11) is -1.80. The molecule has 2 aromatic carbocycles. The van der Waals surface area contributed by atoms with Crippen molar-refractivity contribution in [1.82, 2.24) is 14.3 Å². The number of hydrogen-bond donors (Lipinski definition) is 1. The number of aryl methyl sites for hydroxylation is 1. The lowest BCUT2D eigenvalue weighted by Gasteiger charge is -2.23. The summed E-state index contributed by atoms with van der Waals surface area (Å²) in [5, 5.41) is 4.03. The van der Waals surface area contributed by atoms with Crippen LogP contribution >= 0.6 is 0 Å². The Bertz CT molecular complexity index is 1400. The van der Waals surface area contributed by atoms with Crippen LogP contribution in [0.4, 0.5) is 14.6 Å². The fourth-order valence-corrected chi connectivity index (χ4v) is 6.06. The molecule has 200 valence electrons. The van der Waals surface area contributed by atoms with Crippen molar-refractivity contribution in [2.75, 3.05) is 31.8 Å². The largest absolute Gasteiger partial charge is 0.493 e. The molecule has 8 nitrogen and oxygen atoms in total. The molecule has 0 amide bonds. The molecule has 1 aromatic heterocycles. The number of ether oxygens (including phenoxy) is 2. The summed E-state index contributed by atoms with van der Waals surface area (Å²) in [6.45, 7) is 6.02. The molecule has 1 aliphatic heterocycles. The summed E-state index contributed by atoms with van der Waals surface area (Å²) < 4.78 is 64.2. The summed E-state index contributed by atoms with van der Waals surface area (Å²) in [4.78, 5) is 9.11. The van der Waals surface area contributed by atoms with Gasteiger partial charge in [-0.25, -0.2) is 27.2 Å². The molecule has 4 rings (SSSR count). The lowest BCUT2D eigenvalue weighted by molar-refractivity contribution is 0.150. The molecule has 1 saturated heterocycles. The van der Waals surface area contributed by atoms with Gasteiger partial charge in [-0.05, 0) is 50.8 Å². The molecule has 2 atom stereocenters. The van der Waals surface area contributed by atoms with E-state index in [0.717, 1.165) is 12.0 Å². The van der Waals surface area contributed by atoms with Gasteiger partial charge >= 0.3 is 0 Å². The van der Waals surface area contributed by atoms with E-state index in [1.807, 2.05) is 13.0 Å². The third-order valence-electron chi connectivity index (χ3n) is 6.75. The van der Waals surface area contributed by atoms with Gasteiger partial charge in [-0.2, -0.15) is 4.31 Å². The van der Waals surface area contributed by atoms with Gasteiger partial charge < -0.3 is 14.8 Å². The van der Waals surface area contributed by atoms with E-state index in [0.29, 0.717) is 52.6 Å². The number of nitrogens with one attached hydrogen (secondary N) is 1. The maximum atomic E-state index is 13.4. The van der Waals surface area contributed by atoms with E-state index in [4.69, 9.17) is 9.47 Å². The van der Waals surface area contributed by atoms with Gasteiger partial charge in [0.2, 0.25) is 10.0 Å². The minimum Gasteiger partial charge on any atom is -0.493 e. The quantitative estimate of drug-likeness (QED) is 0.405. The number of aromatic nitrogens is 2. The number of benzene rings is 2. The fourth-order valence-electron chi connectivity index (χ4n) is 4.89. The van der Waals surface area contributed by atoms with Crippen molar-refractivity contribution in [1.29, 1.82) is 0 Å². The molecular formula is C26H32F2N4O4S. The molecule has 0 bridgehead atoms. The van der Waals surface area contributed by atoms with Gasteiger partial charge in [0.1, 0.15) is 18.2 Å². The monoisotopic (exact) mass is 534 g/mol. The van der Waals surface area contributed by atoms with Gasteiger partial charge in [-0.1, -0.05) is 18.2 Å². The molecule has 0 saturated carbocycles. The number of alkyl halides is 2. The van der Waals surface area contributed by atoms with Gasteiger partial charge in [0, 0.05) is 23.6 Å². The van der Waals surface area contributed by atoms with Crippen LogP contribution in [0.1, 0.15) is 54.7 Å². The summed E-state index contributed by atoms with van der Waals surface area (Å²) in [5.41, 5.74) is 1.91. The first-order valence-electron chi connectivity index (χ1n) is 12.1. The van der Waals surface area contributed by atoms with E-state index in [1.165, 1.54) is 23.7 Å². The minimum atomic E-state index is -3.32. The van der Waals surface area contributed by atoms with Gasteiger partial charge in [0.25, 0.3) is 6.43 Å². The Labute approximate surface area is 216 Å². The SMILES string of the molecule is COc1cc2nc(C)nc(N[C@H](C)c3cccc(C(F)F)c3C)c2cc1OC[C@@H]1CCCN1S(C)(=O)=O. The number of halogens is 2. The topological polar surface area (TPSA) is 93.7 Å². The van der Waals surface area contributed by atoms with Crippen LogP contribution in [-0.4, -0.2) is 55.3 Å². The molecule has 37 heavy (non-hydrogen) atoms. The highest BCUT2D eigenvalue weighted by Gasteiger charge is 2.32. The number of fused-ring (bicyclic) bond motifs is 1. The van der Waals surface area contributed by atoms with E-state index in [1.54, 1.807) is 32.0 Å². The van der Waals surface area contributed by atoms with Gasteiger partial charge in [-0.3, -0.25) is 0 Å². The fraction of sp³-hybridized carbons (Fsp3) is 0.462. The van der Waals surface area contributed by atoms with Crippen LogP contribution < -0.4 is 14.8 Å². The van der Waals surface area contributed by atoms with Crippen LogP contribution in [0.3, 0.4) is 0 Å². The van der Waals surface area contributed by atoms with Crippen LogP contribution in [0.5, 0.6) is 11.5 Å². The highest BCUT2D eigenvalue weighted by molar-refractivity contribution is 7.88. The normalized spacial score (nSPS) is 17.4. The van der Waals surface area contributed by atoms with Crippen molar-refractivity contribution in [3.8, 4) is 11.5 Å². The molecule has 0 aliphatic carbocycles. The number of rotatable bonds is 9. The third-order valence-corrected chi connectivity index (χ3v) is 8.08. The zero-order chi connectivity index (χ0) is 26.9. The van der Waals surface area contributed by atoms with Crippen molar-refractivity contribution in [2.45, 2.75) is 52.1 Å². The van der Waals surface area contributed by atoms with Crippen molar-refractivity contribution in [3.05, 3.63) is 52.8 Å². The molecule has 3 aromatic rings. The second kappa shape index (κ2) is 10.7. The van der Waals surface area contributed by atoms with Crippen LogP contribution in [0.15, 0.2) is 30.3 Å². The lowest BCUT2D eigenvalue weighted by Crippen LogP contribution is -2.38. The van der Waals surface area contributed by atoms with E-state index in [2.05, 4.69) is 15.3 Å². The van der Waals surface area contributed by atoms with Crippen molar-refractivity contribution < 1.29 is 26.7 Å². The average Bonchev–Trinajstić information content (AvgIpc) is 3.31. The Kier molecular flexibility index (Phi) is 7.84. The Morgan fingerprint density at radius 2 is 1.89 bits per heavy atom. The maximum Gasteiger partial charge on any atom is 0.264 e. The summed E-state index contributed by atoms with van der Waals surface area (Å²) >= 11 is 0. The van der Waals surface area contributed by atoms with Gasteiger partial charge in [0.05, 0.1) is 31.0 Å². The highest BCUT2D eigenvalue weighted by atomic mass is 32.2. The Balaban J connectivity index is 1.66. The second-order valence-electron chi connectivity index (χ2n) is 9.35. The van der Waals surface area contributed by atoms with Crippen LogP contribution in [0.2, 0.25) is 0 Å². The first-order chi connectivity index (χ1) is 17.5. The molecule has 0 unspecified atom stereocenters. The predicted molar refractivity (Wildman–Crippen MR) is 139 cm³/mol. The second-order valence-corrected chi connectivity index (χ2v) is 11.3. The maximum absolute atomic E-state index is 13.4. The Hall–Kier alpha value is -3.05. The Morgan fingerprint density at radius 1 is 1.16 bits per heavy atom. The van der Waals surface area contributed by atoms with Gasteiger partial charge in [-0.15, -0.1) is 0 Å². The number of sulfonamides is 1. The van der Waals surface area contributed by atoms with Gasteiger partial charge in [0.15, 0.2) is 11.5 Å². The number of methoxy groups -OCH3 is 1. The van der Waals surface area contributed by atoms with Crippen molar-refractivity contribution in [3.63, 3.8) is 0 Å². The van der Waals surface area contributed by atoms with E-state index >= 15 is 0 Å². The van der Waals surface area contributed by atoms with Crippen molar-refractivity contribution >= 4 is 26.7 Å². The summed E-state index contributed by atoms with van der Waals surface area (Å²) in [5.74, 6) is 1.97. The molecule has 11 heteroatoms. The van der Waals surface area contributed by atoms with Crippen molar-refractivity contribution in [2.24, 2.45) is 0 Å². The molecule has 1 N–H and O–H groups in total. The lowest BCUT2D eigenvalue weighted by atomic mass is 9.97. The smallest absolute Gasteiger partial charge is 0.264 e. The molecule has 0 spiro atoms. The first-order valence-corrected chi connectivity index (χ1v) is 13.9. The first kappa shape index (κ1) is 27.0. The number of hydrogen-bond acceptors (Lipinski definition) is 7. The summed E-state index contributed by atoms with van der Waals surface area (Å²) in [6, 6.07) is 7.83. The summed E-state index contributed by atoms with van der Waals surface area (Å²) in [6.07, 6.45) is 0.146. The zero-order valence-corrected chi connectivity index (χ0v) is 22.4. The van der Waals surface area contributed by atoms with E-state index in [9.17, 15) is 17.2 Å². The number of anilines is 1. The molecule has 2 heterocycles. The zero-order valence-electron chi connectivity index (χ0n) is 21.6. The third kappa shape index (κ3) is 5.77. The Morgan fingerprint density at radius 3 is 2.57 bits per heavy atom. The molecule has 1 aliphatic rings. The van der Waals surface area contributed by atoms with E-state index in [-0.39, 0.29) is 24.3 Å².